The largest absolute Gasteiger partial charge is 0.362 e. The maximum Gasteiger partial charge on any atom is 0.152 e. The van der Waals surface area contributed by atoms with Crippen molar-refractivity contribution in [1.82, 2.24) is 24.7 Å². The Morgan fingerprint density at radius 3 is 2.74 bits per heavy atom. The molecule has 0 aliphatic heterocycles. The maximum absolute atomic E-state index is 5.44. The third kappa shape index (κ3) is 2.79. The van der Waals surface area contributed by atoms with Crippen LogP contribution in [-0.4, -0.2) is 24.7 Å². The molecule has 0 saturated heterocycles. The molecular formula is C11H18N8. The Kier molecular flexibility index (Phi) is 4.24. The van der Waals surface area contributed by atoms with E-state index in [1.165, 1.54) is 6.33 Å². The normalized spacial score (nSPS) is 10.5. The summed E-state index contributed by atoms with van der Waals surface area (Å²) in [5, 5.41) is 11.2. The fourth-order valence-electron chi connectivity index (χ4n) is 1.87. The lowest BCUT2D eigenvalue weighted by Gasteiger charge is -2.12. The molecule has 0 fully saturated rings. The van der Waals surface area contributed by atoms with E-state index >= 15 is 0 Å². The van der Waals surface area contributed by atoms with Crippen molar-refractivity contribution in [2.45, 2.75) is 33.4 Å². The minimum absolute atomic E-state index is 0.557. The van der Waals surface area contributed by atoms with Crippen LogP contribution in [0.3, 0.4) is 0 Å². The smallest absolute Gasteiger partial charge is 0.152 e. The number of nitrogens with zero attached hydrogens (tertiary/aromatic N) is 5. The van der Waals surface area contributed by atoms with Gasteiger partial charge in [-0.1, -0.05) is 6.92 Å². The van der Waals surface area contributed by atoms with Crippen LogP contribution in [-0.2, 0) is 19.5 Å². The van der Waals surface area contributed by atoms with E-state index < -0.39 is 0 Å². The van der Waals surface area contributed by atoms with E-state index in [2.05, 4.69) is 30.9 Å². The molecule has 2 rings (SSSR count). The second-order valence-corrected chi connectivity index (χ2v) is 3.93. The fraction of sp³-hybridized carbons (Fsp3) is 0.455. The van der Waals surface area contributed by atoms with Gasteiger partial charge in [0.25, 0.3) is 0 Å². The van der Waals surface area contributed by atoms with Gasteiger partial charge in [-0.05, 0) is 13.3 Å². The molecule has 4 N–H and O–H groups in total. The average molecular weight is 262 g/mol. The summed E-state index contributed by atoms with van der Waals surface area (Å²) in [7, 11) is 0. The Morgan fingerprint density at radius 2 is 2.05 bits per heavy atom. The number of nitrogens with two attached hydrogens (primary N) is 1. The molecule has 0 aromatic carbocycles. The summed E-state index contributed by atoms with van der Waals surface area (Å²) in [6.07, 6.45) is 3.97. The molecular weight excluding hydrogens is 244 g/mol. The van der Waals surface area contributed by atoms with Crippen molar-refractivity contribution in [3.05, 3.63) is 24.0 Å². The van der Waals surface area contributed by atoms with Crippen LogP contribution < -0.4 is 16.6 Å². The van der Waals surface area contributed by atoms with Crippen molar-refractivity contribution in [3.63, 3.8) is 0 Å². The van der Waals surface area contributed by atoms with E-state index in [1.807, 2.05) is 18.4 Å². The van der Waals surface area contributed by atoms with E-state index in [-0.39, 0.29) is 0 Å². The molecule has 8 nitrogen and oxygen atoms in total. The molecule has 8 heteroatoms. The van der Waals surface area contributed by atoms with Gasteiger partial charge in [0.2, 0.25) is 0 Å². The summed E-state index contributed by atoms with van der Waals surface area (Å²) < 4.78 is 1.97. The summed E-state index contributed by atoms with van der Waals surface area (Å²) >= 11 is 0. The number of hydrogen-bond donors (Lipinski definition) is 3. The first-order valence-corrected chi connectivity index (χ1v) is 6.21. The number of aryl methyl sites for hydroxylation is 1. The second-order valence-electron chi connectivity index (χ2n) is 3.93. The molecule has 102 valence electrons. The zero-order valence-electron chi connectivity index (χ0n) is 11.1. The molecule has 0 saturated carbocycles. The standard InChI is InChI=1S/C11H18N8/c1-3-8-10(14-6-15-11(8)17-12)13-5-9-18-16-7-19(9)4-2/h6-7H,3-5,12H2,1-2H3,(H2,13,14,15,17). The first-order chi connectivity index (χ1) is 9.30. The lowest BCUT2D eigenvalue weighted by molar-refractivity contribution is 0.707. The molecule has 0 radical (unpaired) electrons. The second kappa shape index (κ2) is 6.10. The van der Waals surface area contributed by atoms with E-state index in [1.54, 1.807) is 6.33 Å². The number of hydrogen-bond acceptors (Lipinski definition) is 7. The van der Waals surface area contributed by atoms with Gasteiger partial charge in [-0.15, -0.1) is 10.2 Å². The number of anilines is 2. The van der Waals surface area contributed by atoms with Gasteiger partial charge in [0, 0.05) is 12.1 Å². The predicted molar refractivity (Wildman–Crippen MR) is 72.2 cm³/mol. The van der Waals surface area contributed by atoms with Crippen LogP contribution in [0.5, 0.6) is 0 Å². The Labute approximate surface area is 111 Å². The van der Waals surface area contributed by atoms with Gasteiger partial charge in [-0.25, -0.2) is 15.8 Å². The monoisotopic (exact) mass is 262 g/mol. The molecule has 2 aromatic heterocycles. The first-order valence-electron chi connectivity index (χ1n) is 6.21. The highest BCUT2D eigenvalue weighted by Crippen LogP contribution is 2.19. The molecule has 2 heterocycles. The molecule has 0 aliphatic rings. The lowest BCUT2D eigenvalue weighted by Crippen LogP contribution is -2.15. The Balaban J connectivity index is 2.15. The Hall–Kier alpha value is -2.22. The van der Waals surface area contributed by atoms with Crippen LogP contribution in [0.2, 0.25) is 0 Å². The van der Waals surface area contributed by atoms with Gasteiger partial charge < -0.3 is 15.3 Å². The van der Waals surface area contributed by atoms with Gasteiger partial charge in [-0.3, -0.25) is 0 Å². The van der Waals surface area contributed by atoms with Crippen LogP contribution in [0.25, 0.3) is 0 Å². The predicted octanol–water partition coefficient (Wildman–Crippen LogP) is 0.548. The molecule has 19 heavy (non-hydrogen) atoms. The zero-order valence-corrected chi connectivity index (χ0v) is 11.1. The van der Waals surface area contributed by atoms with E-state index in [0.717, 1.165) is 30.2 Å². The van der Waals surface area contributed by atoms with Crippen LogP contribution in [0, 0.1) is 0 Å². The molecule has 0 atom stereocenters. The minimum Gasteiger partial charge on any atom is -0.362 e. The van der Waals surface area contributed by atoms with Crippen molar-refractivity contribution in [3.8, 4) is 0 Å². The molecule has 0 amide bonds. The highest BCUT2D eigenvalue weighted by Gasteiger charge is 2.10. The quantitative estimate of drug-likeness (QED) is 0.515. The SMILES string of the molecule is CCc1c(NN)ncnc1NCc1nncn1CC. The summed E-state index contributed by atoms with van der Waals surface area (Å²) in [5.41, 5.74) is 3.53. The van der Waals surface area contributed by atoms with Crippen LogP contribution in [0.1, 0.15) is 25.2 Å². The first kappa shape index (κ1) is 13.2. The summed E-state index contributed by atoms with van der Waals surface area (Å²) in [6, 6.07) is 0. The van der Waals surface area contributed by atoms with E-state index in [9.17, 15) is 0 Å². The van der Waals surface area contributed by atoms with Gasteiger partial charge >= 0.3 is 0 Å². The Morgan fingerprint density at radius 1 is 1.26 bits per heavy atom. The van der Waals surface area contributed by atoms with Crippen molar-refractivity contribution >= 4 is 11.6 Å². The number of nitrogens with one attached hydrogen (secondary N) is 2. The zero-order chi connectivity index (χ0) is 13.7. The lowest BCUT2D eigenvalue weighted by atomic mass is 10.2. The Bertz CT molecular complexity index is 535. The molecule has 0 aliphatic carbocycles. The van der Waals surface area contributed by atoms with Crippen LogP contribution >= 0.6 is 0 Å². The summed E-state index contributed by atoms with van der Waals surface area (Å²) in [5.74, 6) is 7.70. The van der Waals surface area contributed by atoms with Crippen molar-refractivity contribution < 1.29 is 0 Å². The van der Waals surface area contributed by atoms with Crippen LogP contribution in [0.15, 0.2) is 12.7 Å². The third-order valence-electron chi connectivity index (χ3n) is 2.89. The molecule has 0 unspecified atom stereocenters. The number of aromatic nitrogens is 5. The molecule has 0 spiro atoms. The van der Waals surface area contributed by atoms with Crippen molar-refractivity contribution in [1.29, 1.82) is 0 Å². The van der Waals surface area contributed by atoms with Crippen molar-refractivity contribution in [2.75, 3.05) is 10.7 Å². The van der Waals surface area contributed by atoms with Crippen molar-refractivity contribution in [2.24, 2.45) is 5.84 Å². The van der Waals surface area contributed by atoms with E-state index in [4.69, 9.17) is 5.84 Å². The minimum atomic E-state index is 0.557. The number of hydrazine groups is 1. The highest BCUT2D eigenvalue weighted by molar-refractivity contribution is 5.56. The average Bonchev–Trinajstić information content (AvgIpc) is 2.91. The van der Waals surface area contributed by atoms with Gasteiger partial charge in [0.15, 0.2) is 5.82 Å². The summed E-state index contributed by atoms with van der Waals surface area (Å²) in [6.45, 7) is 5.47. The highest BCUT2D eigenvalue weighted by atomic mass is 15.3. The van der Waals surface area contributed by atoms with Gasteiger partial charge in [0.1, 0.15) is 24.3 Å². The third-order valence-corrected chi connectivity index (χ3v) is 2.89. The topological polar surface area (TPSA) is 107 Å². The van der Waals surface area contributed by atoms with Crippen LogP contribution in [0.4, 0.5) is 11.6 Å². The number of nitrogen functional groups attached to an aromatic ring is 1. The van der Waals surface area contributed by atoms with E-state index in [0.29, 0.717) is 12.4 Å². The van der Waals surface area contributed by atoms with Gasteiger partial charge in [0.05, 0.1) is 6.54 Å². The number of rotatable bonds is 6. The van der Waals surface area contributed by atoms with Gasteiger partial charge in [-0.2, -0.15) is 0 Å². The maximum atomic E-state index is 5.44. The molecule has 0 bridgehead atoms. The fourth-order valence-corrected chi connectivity index (χ4v) is 1.87. The summed E-state index contributed by atoms with van der Waals surface area (Å²) in [4.78, 5) is 8.32. The molecule has 2 aromatic rings.